The monoisotopic (exact) mass is 330 g/mol. The molecule has 5 nitrogen and oxygen atoms in total. The summed E-state index contributed by atoms with van der Waals surface area (Å²) in [4.78, 5) is 25.8. The minimum atomic E-state index is -1.19. The van der Waals surface area contributed by atoms with Crippen LogP contribution in [0.5, 0.6) is 0 Å². The first-order valence-electron chi connectivity index (χ1n) is 8.50. The highest BCUT2D eigenvalue weighted by molar-refractivity contribution is 5.90. The molecular weight excluding hydrogens is 306 g/mol. The zero-order valence-corrected chi connectivity index (χ0v) is 14.5. The SMILES string of the molecule is CC(C)=CCCC(C)=CCN1C[C@@]23C=C[C@H](O2)[C@H](C(=O)[O-])[C@H]3C1=O. The Morgan fingerprint density at radius 3 is 2.83 bits per heavy atom. The van der Waals surface area contributed by atoms with Crippen molar-refractivity contribution in [3.63, 3.8) is 0 Å². The smallest absolute Gasteiger partial charge is 0.230 e. The number of hydrogen-bond acceptors (Lipinski definition) is 4. The molecule has 1 spiro atoms. The van der Waals surface area contributed by atoms with Gasteiger partial charge in [0.25, 0.3) is 0 Å². The highest BCUT2D eigenvalue weighted by Gasteiger charge is 2.65. The average Bonchev–Trinajstić information content (AvgIpc) is 3.13. The largest absolute Gasteiger partial charge is 0.550 e. The Bertz CT molecular complexity index is 644. The van der Waals surface area contributed by atoms with Crippen molar-refractivity contribution in [1.82, 2.24) is 4.90 Å². The van der Waals surface area contributed by atoms with Crippen LogP contribution in [0, 0.1) is 11.8 Å². The molecule has 0 aromatic carbocycles. The summed E-state index contributed by atoms with van der Waals surface area (Å²) in [6.07, 6.45) is 9.31. The van der Waals surface area contributed by atoms with Crippen molar-refractivity contribution in [2.45, 2.75) is 45.3 Å². The lowest BCUT2D eigenvalue weighted by Crippen LogP contribution is -2.45. The molecule has 2 bridgehead atoms. The van der Waals surface area contributed by atoms with Crippen LogP contribution in [-0.2, 0) is 14.3 Å². The average molecular weight is 330 g/mol. The standard InChI is InChI=1S/C19H25NO4/c1-12(2)5-4-6-13(3)8-10-20-11-19-9-7-14(24-19)15(18(22)23)16(19)17(20)21/h5,7-9,14-16H,4,6,10-11H2,1-3H3,(H,22,23)/p-1/t14-,15-,16-,19+/m0/s1. The number of carboxylic acids is 1. The molecule has 1 amide bonds. The van der Waals surface area contributed by atoms with Gasteiger partial charge in [0.2, 0.25) is 5.91 Å². The van der Waals surface area contributed by atoms with Crippen molar-refractivity contribution in [3.8, 4) is 0 Å². The maximum atomic E-state index is 12.7. The fraction of sp³-hybridized carbons (Fsp3) is 0.579. The van der Waals surface area contributed by atoms with Crippen molar-refractivity contribution in [3.05, 3.63) is 35.5 Å². The Labute approximate surface area is 142 Å². The van der Waals surface area contributed by atoms with E-state index < -0.39 is 29.5 Å². The Kier molecular flexibility index (Phi) is 4.38. The summed E-state index contributed by atoms with van der Waals surface area (Å²) < 4.78 is 5.83. The molecule has 5 heteroatoms. The van der Waals surface area contributed by atoms with E-state index in [9.17, 15) is 14.7 Å². The Balaban J connectivity index is 1.66. The molecule has 3 aliphatic heterocycles. The van der Waals surface area contributed by atoms with E-state index in [0.29, 0.717) is 13.1 Å². The minimum absolute atomic E-state index is 0.135. The second-order valence-corrected chi connectivity index (χ2v) is 7.31. The molecule has 0 aromatic rings. The fourth-order valence-electron chi connectivity index (χ4n) is 3.96. The summed E-state index contributed by atoms with van der Waals surface area (Å²) in [6.45, 7) is 7.14. The zero-order chi connectivity index (χ0) is 17.5. The first-order valence-corrected chi connectivity index (χ1v) is 8.50. The highest BCUT2D eigenvalue weighted by Crippen LogP contribution is 2.51. The normalized spacial score (nSPS) is 34.0. The lowest BCUT2D eigenvalue weighted by atomic mass is 9.77. The third-order valence-electron chi connectivity index (χ3n) is 5.20. The van der Waals surface area contributed by atoms with Crippen LogP contribution in [0.2, 0.25) is 0 Å². The van der Waals surface area contributed by atoms with Crippen LogP contribution in [-0.4, -0.2) is 41.6 Å². The molecule has 4 atom stereocenters. The van der Waals surface area contributed by atoms with Crippen molar-refractivity contribution >= 4 is 11.9 Å². The molecular formula is C19H24NO4-. The number of aliphatic carboxylic acids is 1. The van der Waals surface area contributed by atoms with Crippen molar-refractivity contribution in [2.75, 3.05) is 13.1 Å². The van der Waals surface area contributed by atoms with Crippen molar-refractivity contribution < 1.29 is 19.4 Å². The number of hydrogen-bond donors (Lipinski definition) is 0. The van der Waals surface area contributed by atoms with E-state index in [1.54, 1.807) is 11.0 Å². The van der Waals surface area contributed by atoms with Gasteiger partial charge in [-0.1, -0.05) is 35.5 Å². The van der Waals surface area contributed by atoms with Gasteiger partial charge in [-0.25, -0.2) is 0 Å². The number of nitrogens with zero attached hydrogens (tertiary/aromatic N) is 1. The Morgan fingerprint density at radius 1 is 1.42 bits per heavy atom. The summed E-state index contributed by atoms with van der Waals surface area (Å²) in [7, 11) is 0. The van der Waals surface area contributed by atoms with Gasteiger partial charge in [-0.15, -0.1) is 0 Å². The lowest BCUT2D eigenvalue weighted by molar-refractivity contribution is -0.313. The van der Waals surface area contributed by atoms with Gasteiger partial charge in [-0.3, -0.25) is 4.79 Å². The van der Waals surface area contributed by atoms with E-state index in [-0.39, 0.29) is 5.91 Å². The number of carbonyl (C=O) groups excluding carboxylic acids is 2. The molecule has 24 heavy (non-hydrogen) atoms. The highest BCUT2D eigenvalue weighted by atomic mass is 16.5. The predicted molar refractivity (Wildman–Crippen MR) is 87.7 cm³/mol. The van der Waals surface area contributed by atoms with Crippen LogP contribution in [0.25, 0.3) is 0 Å². The van der Waals surface area contributed by atoms with Crippen LogP contribution in [0.1, 0.15) is 33.6 Å². The molecule has 0 N–H and O–H groups in total. The van der Waals surface area contributed by atoms with E-state index in [4.69, 9.17) is 4.74 Å². The molecule has 3 heterocycles. The molecule has 0 aliphatic carbocycles. The summed E-state index contributed by atoms with van der Waals surface area (Å²) in [6, 6.07) is 0. The number of likely N-dealkylation sites (tertiary alicyclic amines) is 1. The molecule has 0 saturated carbocycles. The number of rotatable bonds is 6. The van der Waals surface area contributed by atoms with E-state index in [2.05, 4.69) is 32.9 Å². The third-order valence-corrected chi connectivity index (χ3v) is 5.20. The molecule has 2 saturated heterocycles. The maximum Gasteiger partial charge on any atom is 0.230 e. The van der Waals surface area contributed by atoms with E-state index >= 15 is 0 Å². The van der Waals surface area contributed by atoms with Crippen molar-refractivity contribution in [1.29, 1.82) is 0 Å². The third kappa shape index (κ3) is 2.81. The molecule has 0 unspecified atom stereocenters. The molecule has 2 fully saturated rings. The van der Waals surface area contributed by atoms with E-state index in [1.165, 1.54) is 11.1 Å². The topological polar surface area (TPSA) is 69.7 Å². The maximum absolute atomic E-state index is 12.7. The number of allylic oxidation sites excluding steroid dienone is 3. The van der Waals surface area contributed by atoms with Gasteiger partial charge in [0.05, 0.1) is 18.6 Å². The van der Waals surface area contributed by atoms with Gasteiger partial charge in [-0.2, -0.15) is 0 Å². The van der Waals surface area contributed by atoms with Gasteiger partial charge in [-0.05, 0) is 33.6 Å². The second-order valence-electron chi connectivity index (χ2n) is 7.31. The number of carboxylic acid groups (broad SMARTS) is 1. The summed E-state index contributed by atoms with van der Waals surface area (Å²) in [5, 5.41) is 11.4. The number of fused-ring (bicyclic) bond motifs is 1. The van der Waals surface area contributed by atoms with Crippen LogP contribution < -0.4 is 5.11 Å². The minimum Gasteiger partial charge on any atom is -0.550 e. The number of amides is 1. The first kappa shape index (κ1) is 17.0. The Morgan fingerprint density at radius 2 is 2.17 bits per heavy atom. The number of carbonyl (C=O) groups is 2. The molecule has 3 aliphatic rings. The second kappa shape index (κ2) is 6.20. The van der Waals surface area contributed by atoms with Gasteiger partial charge in [0.1, 0.15) is 5.60 Å². The summed E-state index contributed by atoms with van der Waals surface area (Å²) >= 11 is 0. The van der Waals surface area contributed by atoms with E-state index in [0.717, 1.165) is 12.8 Å². The van der Waals surface area contributed by atoms with Crippen molar-refractivity contribution in [2.24, 2.45) is 11.8 Å². The van der Waals surface area contributed by atoms with Gasteiger partial charge in [0.15, 0.2) is 0 Å². The van der Waals surface area contributed by atoms with Gasteiger partial charge in [0, 0.05) is 18.4 Å². The number of ether oxygens (including phenoxy) is 1. The quantitative estimate of drug-likeness (QED) is 0.687. The summed E-state index contributed by atoms with van der Waals surface area (Å²) in [5.74, 6) is -2.84. The first-order chi connectivity index (χ1) is 11.3. The lowest BCUT2D eigenvalue weighted by Gasteiger charge is -2.24. The van der Waals surface area contributed by atoms with Crippen LogP contribution in [0.4, 0.5) is 0 Å². The van der Waals surface area contributed by atoms with Crippen LogP contribution in [0.3, 0.4) is 0 Å². The zero-order valence-electron chi connectivity index (χ0n) is 14.5. The Hall–Kier alpha value is -1.88. The fourth-order valence-corrected chi connectivity index (χ4v) is 3.96. The molecule has 0 radical (unpaired) electrons. The summed E-state index contributed by atoms with van der Waals surface area (Å²) in [5.41, 5.74) is 1.76. The van der Waals surface area contributed by atoms with Crippen LogP contribution >= 0.6 is 0 Å². The molecule has 3 rings (SSSR count). The van der Waals surface area contributed by atoms with Gasteiger partial charge < -0.3 is 19.5 Å². The predicted octanol–water partition coefficient (Wildman–Crippen LogP) is 1.21. The van der Waals surface area contributed by atoms with E-state index in [1.807, 2.05) is 6.08 Å². The van der Waals surface area contributed by atoms with Crippen LogP contribution in [0.15, 0.2) is 35.5 Å². The van der Waals surface area contributed by atoms with Gasteiger partial charge >= 0.3 is 0 Å². The molecule has 130 valence electrons. The molecule has 0 aromatic heterocycles.